The zero-order valence-corrected chi connectivity index (χ0v) is 66.2. The van der Waals surface area contributed by atoms with Crippen LogP contribution in [0.3, 0.4) is 0 Å². The predicted octanol–water partition coefficient (Wildman–Crippen LogP) is 23.2. The van der Waals surface area contributed by atoms with Crippen molar-refractivity contribution >= 4 is 39.5 Å². The summed E-state index contributed by atoms with van der Waals surface area (Å²) >= 11 is 0. The smallest absolute Gasteiger partial charge is 0.462 e. The number of carbonyl (C=O) groups is 4. The molecule has 0 saturated heterocycles. The van der Waals surface area contributed by atoms with E-state index in [0.29, 0.717) is 31.6 Å². The zero-order valence-electron chi connectivity index (χ0n) is 64.4. The highest BCUT2D eigenvalue weighted by molar-refractivity contribution is 7.47. The second kappa shape index (κ2) is 68.2. The van der Waals surface area contributed by atoms with Gasteiger partial charge in [0.25, 0.3) is 0 Å². The maximum absolute atomic E-state index is 13.1. The van der Waals surface area contributed by atoms with Crippen molar-refractivity contribution in [3.05, 3.63) is 0 Å². The topological polar surface area (TPSA) is 237 Å². The lowest BCUT2D eigenvalue weighted by Crippen LogP contribution is -2.30. The monoisotopic (exact) mass is 1440 g/mol. The quantitative estimate of drug-likeness (QED) is 0.0222. The number of unbranched alkanes of at least 4 members (excludes halogenated alkanes) is 42. The first-order valence-electron chi connectivity index (χ1n) is 40.7. The fourth-order valence-corrected chi connectivity index (χ4v) is 13.7. The lowest BCUT2D eigenvalue weighted by molar-refractivity contribution is -0.161. The fraction of sp³-hybridized carbons (Fsp3) is 0.949. The first-order valence-corrected chi connectivity index (χ1v) is 43.7. The van der Waals surface area contributed by atoms with E-state index in [1.165, 1.54) is 199 Å². The van der Waals surface area contributed by atoms with Crippen LogP contribution in [0.5, 0.6) is 0 Å². The van der Waals surface area contributed by atoms with Gasteiger partial charge in [-0.2, -0.15) is 0 Å². The minimum Gasteiger partial charge on any atom is -0.462 e. The van der Waals surface area contributed by atoms with Gasteiger partial charge < -0.3 is 33.8 Å². The molecule has 0 aliphatic heterocycles. The van der Waals surface area contributed by atoms with Gasteiger partial charge in [0.15, 0.2) is 12.2 Å². The Morgan fingerprint density at radius 1 is 0.255 bits per heavy atom. The molecule has 0 spiro atoms. The van der Waals surface area contributed by atoms with Gasteiger partial charge in [0.05, 0.1) is 26.4 Å². The van der Waals surface area contributed by atoms with Crippen LogP contribution in [0.15, 0.2) is 0 Å². The van der Waals surface area contributed by atoms with Crippen LogP contribution in [0.25, 0.3) is 0 Å². The molecule has 0 saturated carbocycles. The predicted molar refractivity (Wildman–Crippen MR) is 400 cm³/mol. The van der Waals surface area contributed by atoms with Crippen molar-refractivity contribution in [1.29, 1.82) is 0 Å². The van der Waals surface area contributed by atoms with Crippen LogP contribution in [0.2, 0.25) is 0 Å². The van der Waals surface area contributed by atoms with Crippen molar-refractivity contribution in [1.82, 2.24) is 0 Å². The number of phosphoric acid groups is 2. The van der Waals surface area contributed by atoms with E-state index >= 15 is 0 Å². The molecule has 0 aliphatic rings. The van der Waals surface area contributed by atoms with Gasteiger partial charge in [0, 0.05) is 25.7 Å². The van der Waals surface area contributed by atoms with Crippen LogP contribution >= 0.6 is 15.6 Å². The number of phosphoric ester groups is 2. The molecule has 0 rings (SSSR count). The van der Waals surface area contributed by atoms with Crippen LogP contribution in [-0.2, 0) is 65.4 Å². The van der Waals surface area contributed by atoms with Gasteiger partial charge in [-0.05, 0) is 49.4 Å². The standard InChI is InChI=1S/C79H154O17P2/c1-69(2)55-47-39-31-24-18-12-9-10-14-22-28-36-45-53-61-78(83)96-75(66-90-77(82)60-52-44-38-30-34-42-50-58-72(7)8)68-94-98(87,88)92-64-73(80)63-91-97(85,86)93-67-74(95-79(84)62-54-46-37-29-23-17-16-20-26-33-41-49-57-71(5)6)65-89-76(81)59-51-43-35-27-21-15-11-13-19-25-32-40-48-56-70(3)4/h69-75,80H,9-68H2,1-8H3,(H,85,86)(H,87,88)/t73?,74-,75-/m1/s1. The third-order valence-electron chi connectivity index (χ3n) is 18.3. The van der Waals surface area contributed by atoms with Crippen LogP contribution in [0.1, 0.15) is 402 Å². The Labute approximate surface area is 600 Å². The molecule has 0 aromatic rings. The number of aliphatic hydroxyl groups excluding tert-OH is 1. The third-order valence-corrected chi connectivity index (χ3v) is 20.2. The zero-order chi connectivity index (χ0) is 72.4. The Morgan fingerprint density at radius 3 is 0.633 bits per heavy atom. The minimum atomic E-state index is -4.96. The average molecular weight is 1440 g/mol. The maximum atomic E-state index is 13.1. The molecule has 3 unspecified atom stereocenters. The molecule has 5 atom stereocenters. The summed E-state index contributed by atoms with van der Waals surface area (Å²) < 4.78 is 68.7. The van der Waals surface area contributed by atoms with E-state index in [9.17, 15) is 43.2 Å². The van der Waals surface area contributed by atoms with Gasteiger partial charge in [-0.3, -0.25) is 37.3 Å². The normalized spacial score (nSPS) is 14.1. The van der Waals surface area contributed by atoms with Crippen LogP contribution < -0.4 is 0 Å². The van der Waals surface area contributed by atoms with Gasteiger partial charge in [-0.1, -0.05) is 351 Å². The van der Waals surface area contributed by atoms with Crippen molar-refractivity contribution in [3.63, 3.8) is 0 Å². The summed E-state index contributed by atoms with van der Waals surface area (Å²) in [5.74, 6) is 0.951. The summed E-state index contributed by atoms with van der Waals surface area (Å²) in [6.45, 7) is 14.2. The Balaban J connectivity index is 5.25. The highest BCUT2D eigenvalue weighted by Crippen LogP contribution is 2.45. The summed E-state index contributed by atoms with van der Waals surface area (Å²) in [4.78, 5) is 73.0. The number of carbonyl (C=O) groups excluding carboxylic acids is 4. The van der Waals surface area contributed by atoms with Crippen LogP contribution in [-0.4, -0.2) is 96.7 Å². The number of rotatable bonds is 76. The Morgan fingerprint density at radius 2 is 0.429 bits per heavy atom. The molecule has 582 valence electrons. The van der Waals surface area contributed by atoms with E-state index in [4.69, 9.17) is 37.0 Å². The molecule has 0 fully saturated rings. The van der Waals surface area contributed by atoms with Crippen molar-refractivity contribution < 1.29 is 80.2 Å². The van der Waals surface area contributed by atoms with Gasteiger partial charge in [0.1, 0.15) is 19.3 Å². The van der Waals surface area contributed by atoms with Crippen molar-refractivity contribution in [3.8, 4) is 0 Å². The van der Waals surface area contributed by atoms with Gasteiger partial charge in [-0.15, -0.1) is 0 Å². The number of hydrogen-bond donors (Lipinski definition) is 3. The Hall–Kier alpha value is -1.94. The van der Waals surface area contributed by atoms with E-state index < -0.39 is 97.5 Å². The Kier molecular flexibility index (Phi) is 66.8. The van der Waals surface area contributed by atoms with Crippen LogP contribution in [0.4, 0.5) is 0 Å². The maximum Gasteiger partial charge on any atom is 0.472 e. The highest BCUT2D eigenvalue weighted by atomic mass is 31.2. The minimum absolute atomic E-state index is 0.106. The molecule has 98 heavy (non-hydrogen) atoms. The molecule has 3 N–H and O–H groups in total. The highest BCUT2D eigenvalue weighted by Gasteiger charge is 2.30. The summed E-state index contributed by atoms with van der Waals surface area (Å²) in [5, 5.41) is 10.6. The molecule has 0 bridgehead atoms. The van der Waals surface area contributed by atoms with Gasteiger partial charge in [0.2, 0.25) is 0 Å². The molecule has 0 aromatic heterocycles. The second-order valence-electron chi connectivity index (χ2n) is 30.4. The van der Waals surface area contributed by atoms with Crippen molar-refractivity contribution in [2.75, 3.05) is 39.6 Å². The van der Waals surface area contributed by atoms with E-state index in [-0.39, 0.29) is 25.7 Å². The molecule has 0 amide bonds. The van der Waals surface area contributed by atoms with Crippen LogP contribution in [0, 0.1) is 23.7 Å². The summed E-state index contributed by atoms with van der Waals surface area (Å²) in [5.41, 5.74) is 0. The summed E-state index contributed by atoms with van der Waals surface area (Å²) in [6.07, 6.45) is 54.1. The number of hydrogen-bond acceptors (Lipinski definition) is 15. The molecular formula is C79H154O17P2. The van der Waals surface area contributed by atoms with Crippen molar-refractivity contribution in [2.24, 2.45) is 23.7 Å². The number of ether oxygens (including phenoxy) is 4. The second-order valence-corrected chi connectivity index (χ2v) is 33.3. The molecule has 17 nitrogen and oxygen atoms in total. The summed E-state index contributed by atoms with van der Waals surface area (Å²) in [7, 11) is -9.92. The van der Waals surface area contributed by atoms with E-state index in [2.05, 4.69) is 55.4 Å². The summed E-state index contributed by atoms with van der Waals surface area (Å²) in [6, 6.07) is 0. The lowest BCUT2D eigenvalue weighted by Gasteiger charge is -2.21. The van der Waals surface area contributed by atoms with Gasteiger partial charge in [-0.25, -0.2) is 9.13 Å². The molecule has 0 aromatic carbocycles. The lowest BCUT2D eigenvalue weighted by atomic mass is 10.0. The largest absolute Gasteiger partial charge is 0.472 e. The third kappa shape index (κ3) is 72.4. The first-order chi connectivity index (χ1) is 47.1. The van der Waals surface area contributed by atoms with Gasteiger partial charge >= 0.3 is 39.5 Å². The van der Waals surface area contributed by atoms with E-state index in [0.717, 1.165) is 114 Å². The average Bonchev–Trinajstić information content (AvgIpc) is 0.979. The molecule has 0 heterocycles. The fourth-order valence-electron chi connectivity index (χ4n) is 12.1. The molecular weight excluding hydrogens is 1280 g/mol. The van der Waals surface area contributed by atoms with E-state index in [1.807, 2.05) is 0 Å². The SMILES string of the molecule is CC(C)CCCCCCCCCCCCCCCCC(=O)O[C@H](COC(=O)CCCCCCCCCC(C)C)COP(=O)(O)OCC(O)COP(=O)(O)OC[C@@H](COC(=O)CCCCCCCCCCCCCCCC(C)C)OC(=O)CCCCCCCCCCCCCCC(C)C. The molecule has 0 radical (unpaired) electrons. The molecule has 19 heteroatoms. The first kappa shape index (κ1) is 96.1. The Bertz CT molecular complexity index is 1920. The van der Waals surface area contributed by atoms with Crippen molar-refractivity contribution in [2.45, 2.75) is 420 Å². The van der Waals surface area contributed by atoms with E-state index in [1.54, 1.807) is 0 Å². The number of esters is 4. The molecule has 0 aliphatic carbocycles. The number of aliphatic hydroxyl groups is 1.